The molecule has 3 atom stereocenters. The Bertz CT molecular complexity index is 163. The Hall–Kier alpha value is -0.120. The zero-order chi connectivity index (χ0) is 9.90. The maximum atomic E-state index is 6.31. The van der Waals surface area contributed by atoms with Crippen LogP contribution >= 0.6 is 0 Å². The first-order valence-corrected chi connectivity index (χ1v) is 5.00. The normalized spacial score (nSPS) is 36.5. The van der Waals surface area contributed by atoms with E-state index in [1.54, 1.807) is 7.11 Å². The molecular weight excluding hydrogens is 166 g/mol. The van der Waals surface area contributed by atoms with Crippen molar-refractivity contribution in [3.8, 4) is 0 Å². The molecule has 3 unspecified atom stereocenters. The average Bonchev–Trinajstić information content (AvgIpc) is 2.44. The lowest BCUT2D eigenvalue weighted by Gasteiger charge is -2.34. The van der Waals surface area contributed by atoms with Gasteiger partial charge in [-0.25, -0.2) is 0 Å². The van der Waals surface area contributed by atoms with Gasteiger partial charge in [-0.05, 0) is 25.7 Å². The van der Waals surface area contributed by atoms with Crippen LogP contribution in [-0.4, -0.2) is 32.0 Å². The van der Waals surface area contributed by atoms with Gasteiger partial charge in [0.05, 0.1) is 6.10 Å². The fourth-order valence-electron chi connectivity index (χ4n) is 1.98. The molecule has 0 saturated carbocycles. The summed E-state index contributed by atoms with van der Waals surface area (Å²) in [4.78, 5) is 0. The van der Waals surface area contributed by atoms with Gasteiger partial charge in [0.15, 0.2) is 0 Å². The van der Waals surface area contributed by atoms with E-state index in [-0.39, 0.29) is 11.6 Å². The van der Waals surface area contributed by atoms with E-state index in [1.165, 1.54) is 0 Å². The van der Waals surface area contributed by atoms with E-state index >= 15 is 0 Å². The molecule has 0 aromatic carbocycles. The van der Waals surface area contributed by atoms with Gasteiger partial charge in [0.1, 0.15) is 0 Å². The number of hydrogen-bond donors (Lipinski definition) is 1. The minimum atomic E-state index is -0.140. The van der Waals surface area contributed by atoms with Crippen LogP contribution in [0.2, 0.25) is 0 Å². The average molecular weight is 187 g/mol. The molecule has 1 heterocycles. The summed E-state index contributed by atoms with van der Waals surface area (Å²) in [7, 11) is 1.73. The third-order valence-electron chi connectivity index (χ3n) is 3.33. The zero-order valence-electron chi connectivity index (χ0n) is 8.88. The van der Waals surface area contributed by atoms with E-state index in [0.29, 0.717) is 5.92 Å². The molecule has 0 amide bonds. The van der Waals surface area contributed by atoms with Gasteiger partial charge in [0.25, 0.3) is 0 Å². The first kappa shape index (κ1) is 11.0. The molecular formula is C10H21NO2. The fraction of sp³-hybridized carbons (Fsp3) is 1.00. The topological polar surface area (TPSA) is 44.5 Å². The van der Waals surface area contributed by atoms with E-state index in [1.807, 2.05) is 0 Å². The maximum Gasteiger partial charge on any atom is 0.0729 e. The highest BCUT2D eigenvalue weighted by molar-refractivity contribution is 4.98. The smallest absolute Gasteiger partial charge is 0.0729 e. The third-order valence-corrected chi connectivity index (χ3v) is 3.33. The van der Waals surface area contributed by atoms with Crippen LogP contribution < -0.4 is 5.73 Å². The SMILES string of the molecule is COCCC(C)C1(N)CCOC1C. The van der Waals surface area contributed by atoms with Crippen molar-refractivity contribution in [2.45, 2.75) is 38.3 Å². The van der Waals surface area contributed by atoms with Crippen molar-refractivity contribution < 1.29 is 9.47 Å². The van der Waals surface area contributed by atoms with Crippen molar-refractivity contribution in [2.75, 3.05) is 20.3 Å². The lowest BCUT2D eigenvalue weighted by molar-refractivity contribution is 0.0684. The summed E-state index contributed by atoms with van der Waals surface area (Å²) < 4.78 is 10.6. The highest BCUT2D eigenvalue weighted by Gasteiger charge is 2.41. The first-order chi connectivity index (χ1) is 6.11. The van der Waals surface area contributed by atoms with Crippen molar-refractivity contribution in [1.82, 2.24) is 0 Å². The molecule has 0 aromatic heterocycles. The molecule has 1 fully saturated rings. The summed E-state index contributed by atoms with van der Waals surface area (Å²) in [5.74, 6) is 0.463. The van der Waals surface area contributed by atoms with Crippen LogP contribution in [0.1, 0.15) is 26.7 Å². The number of methoxy groups -OCH3 is 1. The lowest BCUT2D eigenvalue weighted by Crippen LogP contribution is -2.51. The van der Waals surface area contributed by atoms with Gasteiger partial charge in [0.2, 0.25) is 0 Å². The molecule has 78 valence electrons. The van der Waals surface area contributed by atoms with Gasteiger partial charge in [-0.15, -0.1) is 0 Å². The van der Waals surface area contributed by atoms with Gasteiger partial charge in [-0.3, -0.25) is 0 Å². The fourth-order valence-corrected chi connectivity index (χ4v) is 1.98. The van der Waals surface area contributed by atoms with Crippen molar-refractivity contribution >= 4 is 0 Å². The van der Waals surface area contributed by atoms with E-state index in [0.717, 1.165) is 26.1 Å². The molecule has 2 N–H and O–H groups in total. The Labute approximate surface area is 80.6 Å². The second-order valence-corrected chi connectivity index (χ2v) is 4.06. The lowest BCUT2D eigenvalue weighted by atomic mass is 9.79. The number of rotatable bonds is 4. The van der Waals surface area contributed by atoms with Crippen molar-refractivity contribution in [2.24, 2.45) is 11.7 Å². The Morgan fingerprint density at radius 3 is 2.85 bits per heavy atom. The van der Waals surface area contributed by atoms with Crippen molar-refractivity contribution in [3.05, 3.63) is 0 Å². The Morgan fingerprint density at radius 1 is 1.69 bits per heavy atom. The van der Waals surface area contributed by atoms with Crippen LogP contribution in [0.4, 0.5) is 0 Å². The minimum absolute atomic E-state index is 0.140. The van der Waals surface area contributed by atoms with Crippen LogP contribution in [0, 0.1) is 5.92 Å². The second-order valence-electron chi connectivity index (χ2n) is 4.06. The largest absolute Gasteiger partial charge is 0.385 e. The van der Waals surface area contributed by atoms with Crippen LogP contribution in [0.5, 0.6) is 0 Å². The summed E-state index contributed by atoms with van der Waals surface area (Å²) in [6.45, 7) is 5.84. The maximum absolute atomic E-state index is 6.31. The summed E-state index contributed by atoms with van der Waals surface area (Å²) in [6.07, 6.45) is 2.17. The van der Waals surface area contributed by atoms with E-state index in [4.69, 9.17) is 15.2 Å². The molecule has 0 bridgehead atoms. The minimum Gasteiger partial charge on any atom is -0.385 e. The molecule has 0 aromatic rings. The van der Waals surface area contributed by atoms with Gasteiger partial charge < -0.3 is 15.2 Å². The Kier molecular flexibility index (Phi) is 3.71. The molecule has 0 spiro atoms. The van der Waals surface area contributed by atoms with E-state index < -0.39 is 0 Å². The number of ether oxygens (including phenoxy) is 2. The van der Waals surface area contributed by atoms with Crippen molar-refractivity contribution in [3.63, 3.8) is 0 Å². The van der Waals surface area contributed by atoms with Gasteiger partial charge in [-0.1, -0.05) is 6.92 Å². The molecule has 0 radical (unpaired) electrons. The molecule has 1 aliphatic rings. The quantitative estimate of drug-likeness (QED) is 0.718. The molecule has 0 aliphatic carbocycles. The Balaban J connectivity index is 2.47. The molecule has 1 rings (SSSR count). The molecule has 1 saturated heterocycles. The Morgan fingerprint density at radius 2 is 2.38 bits per heavy atom. The zero-order valence-corrected chi connectivity index (χ0v) is 8.88. The predicted molar refractivity (Wildman–Crippen MR) is 52.6 cm³/mol. The summed E-state index contributed by atoms with van der Waals surface area (Å²) in [5, 5.41) is 0. The highest BCUT2D eigenvalue weighted by atomic mass is 16.5. The van der Waals surface area contributed by atoms with Crippen LogP contribution in [-0.2, 0) is 9.47 Å². The van der Waals surface area contributed by atoms with Gasteiger partial charge in [-0.2, -0.15) is 0 Å². The van der Waals surface area contributed by atoms with Crippen LogP contribution in [0.3, 0.4) is 0 Å². The number of nitrogens with two attached hydrogens (primary N) is 1. The van der Waals surface area contributed by atoms with E-state index in [2.05, 4.69) is 13.8 Å². The summed E-state index contributed by atoms with van der Waals surface area (Å²) in [6, 6.07) is 0. The van der Waals surface area contributed by atoms with E-state index in [9.17, 15) is 0 Å². The monoisotopic (exact) mass is 187 g/mol. The van der Waals surface area contributed by atoms with Crippen LogP contribution in [0.25, 0.3) is 0 Å². The second kappa shape index (κ2) is 4.40. The molecule has 3 heteroatoms. The molecule has 3 nitrogen and oxygen atoms in total. The standard InChI is InChI=1S/C10H21NO2/c1-8(4-6-12-3)10(11)5-7-13-9(10)2/h8-9H,4-7,11H2,1-3H3. The van der Waals surface area contributed by atoms with Gasteiger partial charge in [0, 0.05) is 25.9 Å². The molecule has 13 heavy (non-hydrogen) atoms. The third kappa shape index (κ3) is 2.22. The van der Waals surface area contributed by atoms with Crippen LogP contribution in [0.15, 0.2) is 0 Å². The van der Waals surface area contributed by atoms with Gasteiger partial charge >= 0.3 is 0 Å². The predicted octanol–water partition coefficient (Wildman–Crippen LogP) is 1.17. The number of hydrogen-bond acceptors (Lipinski definition) is 3. The highest BCUT2D eigenvalue weighted by Crippen LogP contribution is 2.32. The molecule has 1 aliphatic heterocycles. The summed E-state index contributed by atoms with van der Waals surface area (Å²) in [5.41, 5.74) is 6.17. The van der Waals surface area contributed by atoms with Crippen molar-refractivity contribution in [1.29, 1.82) is 0 Å². The first-order valence-electron chi connectivity index (χ1n) is 5.00. The summed E-state index contributed by atoms with van der Waals surface area (Å²) >= 11 is 0.